The number of aliphatic hydroxyl groups is 1. The van der Waals surface area contributed by atoms with Crippen LogP contribution in [0.5, 0.6) is 11.5 Å². The van der Waals surface area contributed by atoms with Crippen LogP contribution in [0.3, 0.4) is 0 Å². The van der Waals surface area contributed by atoms with E-state index in [9.17, 15) is 14.7 Å². The first-order valence-electron chi connectivity index (χ1n) is 12.6. The first kappa shape index (κ1) is 30.7. The molecule has 0 aliphatic rings. The maximum atomic E-state index is 11.0. The number of aliphatic hydroxyl groups excluding tert-OH is 1. The summed E-state index contributed by atoms with van der Waals surface area (Å²) in [5, 5.41) is 10.4. The van der Waals surface area contributed by atoms with Crippen molar-refractivity contribution in [2.45, 2.75) is 42.4 Å². The van der Waals surface area contributed by atoms with Gasteiger partial charge in [-0.1, -0.05) is 43.1 Å². The van der Waals surface area contributed by atoms with Crippen LogP contribution in [-0.2, 0) is 19.1 Å². The SMILES string of the molecule is C=CC(=O)OCCCCCCOc1ccc(/C=C/C(O)Sc2ccc(OCCCOC(=O)C=C)cc2)cc1. The molecule has 0 aliphatic carbocycles. The van der Waals surface area contributed by atoms with E-state index < -0.39 is 11.4 Å². The first-order valence-corrected chi connectivity index (χ1v) is 13.4. The molecule has 7 nitrogen and oxygen atoms in total. The number of carbonyl (C=O) groups is 2. The summed E-state index contributed by atoms with van der Waals surface area (Å²) in [4.78, 5) is 22.8. The van der Waals surface area contributed by atoms with Gasteiger partial charge in [0.05, 0.1) is 26.4 Å². The second-order valence-electron chi connectivity index (χ2n) is 8.12. The molecule has 0 fully saturated rings. The van der Waals surface area contributed by atoms with Crippen LogP contribution in [0.15, 0.2) is 84.8 Å². The van der Waals surface area contributed by atoms with E-state index in [0.717, 1.165) is 48.0 Å². The van der Waals surface area contributed by atoms with Gasteiger partial charge in [0.1, 0.15) is 16.9 Å². The van der Waals surface area contributed by atoms with Crippen LogP contribution in [0, 0.1) is 0 Å². The van der Waals surface area contributed by atoms with E-state index in [0.29, 0.717) is 32.0 Å². The summed E-state index contributed by atoms with van der Waals surface area (Å²) >= 11 is 1.33. The largest absolute Gasteiger partial charge is 0.494 e. The van der Waals surface area contributed by atoms with Crippen LogP contribution in [-0.4, -0.2) is 48.9 Å². The summed E-state index contributed by atoms with van der Waals surface area (Å²) < 4.78 is 21.3. The summed E-state index contributed by atoms with van der Waals surface area (Å²) in [6, 6.07) is 15.2. The molecule has 38 heavy (non-hydrogen) atoms. The number of carbonyl (C=O) groups excluding carboxylic acids is 2. The Labute approximate surface area is 229 Å². The molecule has 1 unspecified atom stereocenters. The van der Waals surface area contributed by atoms with E-state index in [1.54, 1.807) is 6.08 Å². The van der Waals surface area contributed by atoms with E-state index >= 15 is 0 Å². The highest BCUT2D eigenvalue weighted by Crippen LogP contribution is 2.25. The molecule has 0 amide bonds. The van der Waals surface area contributed by atoms with E-state index in [4.69, 9.17) is 18.9 Å². The van der Waals surface area contributed by atoms with Crippen molar-refractivity contribution in [1.29, 1.82) is 0 Å². The molecular formula is C30H36O7S. The first-order chi connectivity index (χ1) is 18.5. The average Bonchev–Trinajstić information content (AvgIpc) is 2.94. The van der Waals surface area contributed by atoms with Gasteiger partial charge in [-0.05, 0) is 73.7 Å². The third kappa shape index (κ3) is 13.7. The molecule has 1 N–H and O–H groups in total. The van der Waals surface area contributed by atoms with Gasteiger partial charge in [-0.2, -0.15) is 0 Å². The average molecular weight is 541 g/mol. The second-order valence-corrected chi connectivity index (χ2v) is 9.31. The molecule has 0 aromatic heterocycles. The minimum atomic E-state index is -0.697. The maximum absolute atomic E-state index is 11.0. The lowest BCUT2D eigenvalue weighted by atomic mass is 10.2. The molecule has 0 spiro atoms. The minimum Gasteiger partial charge on any atom is -0.494 e. The van der Waals surface area contributed by atoms with E-state index in [2.05, 4.69) is 13.2 Å². The van der Waals surface area contributed by atoms with Crippen molar-refractivity contribution in [2.75, 3.05) is 26.4 Å². The number of hydrogen-bond acceptors (Lipinski definition) is 8. The fraction of sp³-hybridized carbons (Fsp3) is 0.333. The number of unbranched alkanes of at least 4 members (excludes halogenated alkanes) is 3. The van der Waals surface area contributed by atoms with Gasteiger partial charge in [0.25, 0.3) is 0 Å². The van der Waals surface area contributed by atoms with Gasteiger partial charge in [0, 0.05) is 23.5 Å². The molecule has 8 heteroatoms. The van der Waals surface area contributed by atoms with Gasteiger partial charge < -0.3 is 24.1 Å². The highest BCUT2D eigenvalue weighted by molar-refractivity contribution is 7.99. The summed E-state index contributed by atoms with van der Waals surface area (Å²) in [5.41, 5.74) is 0.270. The summed E-state index contributed by atoms with van der Waals surface area (Å²) in [6.07, 6.45) is 10.3. The lowest BCUT2D eigenvalue weighted by Gasteiger charge is -2.09. The molecule has 204 valence electrons. The Morgan fingerprint density at radius 3 is 1.82 bits per heavy atom. The molecular weight excluding hydrogens is 504 g/mol. The third-order valence-corrected chi connectivity index (χ3v) is 6.04. The zero-order chi connectivity index (χ0) is 27.4. The molecule has 0 bridgehead atoms. The number of ether oxygens (including phenoxy) is 4. The van der Waals surface area contributed by atoms with E-state index in [1.165, 1.54) is 17.8 Å². The Kier molecular flexibility index (Phi) is 15.1. The topological polar surface area (TPSA) is 91.3 Å². The van der Waals surface area contributed by atoms with Crippen LogP contribution in [0.4, 0.5) is 0 Å². The molecule has 0 saturated carbocycles. The van der Waals surface area contributed by atoms with Gasteiger partial charge in [-0.15, -0.1) is 0 Å². The minimum absolute atomic E-state index is 0.284. The molecule has 2 rings (SSSR count). The van der Waals surface area contributed by atoms with Gasteiger partial charge in [0.15, 0.2) is 0 Å². The third-order valence-electron chi connectivity index (χ3n) is 5.10. The number of benzene rings is 2. The van der Waals surface area contributed by atoms with E-state index in [-0.39, 0.29) is 12.6 Å². The highest BCUT2D eigenvalue weighted by Gasteiger charge is 2.04. The molecule has 2 aromatic rings. The summed E-state index contributed by atoms with van der Waals surface area (Å²) in [5.74, 6) is 0.697. The maximum Gasteiger partial charge on any atom is 0.330 e. The van der Waals surface area contributed by atoms with Gasteiger partial charge in [-0.25, -0.2) is 9.59 Å². The van der Waals surface area contributed by atoms with Crippen LogP contribution in [0.1, 0.15) is 37.7 Å². The molecule has 0 saturated heterocycles. The normalized spacial score (nSPS) is 11.5. The molecule has 2 aromatic carbocycles. The Bertz CT molecular complexity index is 1020. The number of esters is 2. The highest BCUT2D eigenvalue weighted by atomic mass is 32.2. The molecule has 1 atom stereocenters. The molecule has 0 aliphatic heterocycles. The van der Waals surface area contributed by atoms with Crippen molar-refractivity contribution in [1.82, 2.24) is 0 Å². The second kappa shape index (κ2) is 18.7. The number of thioether (sulfide) groups is 1. The smallest absolute Gasteiger partial charge is 0.330 e. The molecule has 0 heterocycles. The fourth-order valence-corrected chi connectivity index (χ4v) is 3.85. The number of rotatable bonds is 19. The predicted molar refractivity (Wildman–Crippen MR) is 150 cm³/mol. The van der Waals surface area contributed by atoms with Crippen LogP contribution < -0.4 is 9.47 Å². The van der Waals surface area contributed by atoms with E-state index in [1.807, 2.05) is 54.6 Å². The Balaban J connectivity index is 1.61. The van der Waals surface area contributed by atoms with Crippen LogP contribution in [0.25, 0.3) is 6.08 Å². The van der Waals surface area contributed by atoms with Crippen molar-refractivity contribution in [3.05, 3.63) is 85.5 Å². The number of hydrogen-bond donors (Lipinski definition) is 1. The quantitative estimate of drug-likeness (QED) is 0.0765. The summed E-state index contributed by atoms with van der Waals surface area (Å²) in [6.45, 7) is 8.48. The Morgan fingerprint density at radius 1 is 0.737 bits per heavy atom. The van der Waals surface area contributed by atoms with Crippen molar-refractivity contribution in [3.63, 3.8) is 0 Å². The lowest BCUT2D eigenvalue weighted by molar-refractivity contribution is -0.138. The Morgan fingerprint density at radius 2 is 1.24 bits per heavy atom. The fourth-order valence-electron chi connectivity index (χ4n) is 3.12. The van der Waals surface area contributed by atoms with Gasteiger partial charge in [0.2, 0.25) is 0 Å². The van der Waals surface area contributed by atoms with Crippen molar-refractivity contribution >= 4 is 29.8 Å². The monoisotopic (exact) mass is 540 g/mol. The van der Waals surface area contributed by atoms with Crippen molar-refractivity contribution in [2.24, 2.45) is 0 Å². The zero-order valence-electron chi connectivity index (χ0n) is 21.6. The standard InChI is InChI=1S/C30H36O7S/c1-3-28(31)36-21-8-6-5-7-20-34-25-13-10-24(11-14-25)12-19-30(33)38-27-17-15-26(16-18-27)35-22-9-23-37-29(32)4-2/h3-4,10-19,30,33H,1-2,5-9,20-23H2/b19-12+. The van der Waals surface area contributed by atoms with Crippen LogP contribution in [0.2, 0.25) is 0 Å². The molecule has 0 radical (unpaired) electrons. The van der Waals surface area contributed by atoms with Crippen LogP contribution >= 0.6 is 11.8 Å². The Hall–Kier alpha value is -3.49. The van der Waals surface area contributed by atoms with Gasteiger partial charge in [-0.3, -0.25) is 0 Å². The van der Waals surface area contributed by atoms with Gasteiger partial charge >= 0.3 is 11.9 Å². The van der Waals surface area contributed by atoms with Crippen molar-refractivity contribution < 1.29 is 33.6 Å². The zero-order valence-corrected chi connectivity index (χ0v) is 22.4. The van der Waals surface area contributed by atoms with Crippen molar-refractivity contribution in [3.8, 4) is 11.5 Å². The lowest BCUT2D eigenvalue weighted by Crippen LogP contribution is -2.06. The summed E-state index contributed by atoms with van der Waals surface area (Å²) in [7, 11) is 0. The predicted octanol–water partition coefficient (Wildman–Crippen LogP) is 5.98.